The molecule has 0 aromatic rings. The van der Waals surface area contributed by atoms with Gasteiger partial charge in [-0.1, -0.05) is 22.4 Å². The van der Waals surface area contributed by atoms with Gasteiger partial charge in [-0.2, -0.15) is 0 Å². The third-order valence-electron chi connectivity index (χ3n) is 1.85. The summed E-state index contributed by atoms with van der Waals surface area (Å²) in [4.78, 5) is 2.32. The summed E-state index contributed by atoms with van der Waals surface area (Å²) in [6.07, 6.45) is 3.91. The molecule has 0 amide bonds. The van der Waals surface area contributed by atoms with E-state index in [0.717, 1.165) is 18.5 Å². The molecular weight excluding hydrogens is 218 g/mol. The molecule has 0 spiro atoms. The largest absolute Gasteiger partial charge is 0.383 e. The predicted octanol–water partition coefficient (Wildman–Crippen LogP) is 2.13. The molecule has 0 aliphatic heterocycles. The number of halogens is 1. The lowest BCUT2D eigenvalue weighted by atomic mass is 10.2. The van der Waals surface area contributed by atoms with E-state index in [9.17, 15) is 0 Å². The highest BCUT2D eigenvalue weighted by Crippen LogP contribution is 1.99. The van der Waals surface area contributed by atoms with Crippen molar-refractivity contribution in [3.05, 3.63) is 0 Å². The minimum atomic E-state index is 0.842. The number of rotatable bonds is 8. The van der Waals surface area contributed by atoms with E-state index in [4.69, 9.17) is 4.74 Å². The van der Waals surface area contributed by atoms with Crippen LogP contribution in [0.1, 0.15) is 19.3 Å². The van der Waals surface area contributed by atoms with Crippen LogP contribution in [0.25, 0.3) is 0 Å². The van der Waals surface area contributed by atoms with Crippen LogP contribution in [0.5, 0.6) is 0 Å². The standard InChI is InChI=1S/C9H20BrNO/c1-11(8-9-12-2)7-5-3-4-6-10/h3-9H2,1-2H3. The second-order valence-corrected chi connectivity index (χ2v) is 3.84. The van der Waals surface area contributed by atoms with Crippen LogP contribution in [-0.4, -0.2) is 44.1 Å². The van der Waals surface area contributed by atoms with Gasteiger partial charge in [0.05, 0.1) is 6.61 Å². The summed E-state index contributed by atoms with van der Waals surface area (Å²) in [5, 5.41) is 1.13. The molecule has 0 radical (unpaired) electrons. The molecule has 0 bridgehead atoms. The number of ether oxygens (including phenoxy) is 1. The lowest BCUT2D eigenvalue weighted by Crippen LogP contribution is -2.23. The van der Waals surface area contributed by atoms with Gasteiger partial charge in [-0.15, -0.1) is 0 Å². The van der Waals surface area contributed by atoms with Crippen LogP contribution in [-0.2, 0) is 4.74 Å². The number of hydrogen-bond acceptors (Lipinski definition) is 2. The van der Waals surface area contributed by atoms with Crippen molar-refractivity contribution >= 4 is 15.9 Å². The molecular formula is C9H20BrNO. The van der Waals surface area contributed by atoms with Crippen LogP contribution in [0, 0.1) is 0 Å². The molecule has 0 aliphatic rings. The molecule has 0 aromatic carbocycles. The van der Waals surface area contributed by atoms with Crippen LogP contribution in [0.15, 0.2) is 0 Å². The summed E-state index contributed by atoms with van der Waals surface area (Å²) in [7, 11) is 3.89. The molecule has 2 nitrogen and oxygen atoms in total. The van der Waals surface area contributed by atoms with E-state index in [1.54, 1.807) is 7.11 Å². The molecule has 0 saturated carbocycles. The first kappa shape index (κ1) is 12.4. The first-order chi connectivity index (χ1) is 5.81. The Bertz CT molecular complexity index is 90.6. The maximum Gasteiger partial charge on any atom is 0.0589 e. The second kappa shape index (κ2) is 9.49. The zero-order chi connectivity index (χ0) is 9.23. The van der Waals surface area contributed by atoms with Crippen molar-refractivity contribution in [2.45, 2.75) is 19.3 Å². The zero-order valence-corrected chi connectivity index (χ0v) is 9.77. The molecule has 0 rings (SSSR count). The fourth-order valence-corrected chi connectivity index (χ4v) is 1.41. The van der Waals surface area contributed by atoms with Crippen molar-refractivity contribution < 1.29 is 4.74 Å². The maximum atomic E-state index is 4.99. The maximum absolute atomic E-state index is 4.99. The molecule has 0 aliphatic carbocycles. The van der Waals surface area contributed by atoms with Gasteiger partial charge in [0.15, 0.2) is 0 Å². The van der Waals surface area contributed by atoms with Gasteiger partial charge in [0.25, 0.3) is 0 Å². The highest BCUT2D eigenvalue weighted by molar-refractivity contribution is 9.09. The van der Waals surface area contributed by atoms with Crippen molar-refractivity contribution in [3.63, 3.8) is 0 Å². The SMILES string of the molecule is COCCN(C)CCCCCBr. The van der Waals surface area contributed by atoms with Crippen LogP contribution in [0.3, 0.4) is 0 Å². The highest BCUT2D eigenvalue weighted by Gasteiger charge is 1.96. The Morgan fingerprint density at radius 2 is 1.92 bits per heavy atom. The number of likely N-dealkylation sites (N-methyl/N-ethyl adjacent to an activating group) is 1. The van der Waals surface area contributed by atoms with Crippen molar-refractivity contribution in [2.75, 3.05) is 39.2 Å². The Hall–Kier alpha value is 0.400. The number of methoxy groups -OCH3 is 1. The van der Waals surface area contributed by atoms with E-state index in [2.05, 4.69) is 27.9 Å². The molecule has 0 atom stereocenters. The second-order valence-electron chi connectivity index (χ2n) is 3.05. The third kappa shape index (κ3) is 8.50. The van der Waals surface area contributed by atoms with E-state index < -0.39 is 0 Å². The molecule has 0 heterocycles. The van der Waals surface area contributed by atoms with Crippen LogP contribution >= 0.6 is 15.9 Å². The lowest BCUT2D eigenvalue weighted by molar-refractivity contribution is 0.160. The topological polar surface area (TPSA) is 12.5 Å². The molecule has 0 aromatic heterocycles. The number of nitrogens with zero attached hydrogens (tertiary/aromatic N) is 1. The van der Waals surface area contributed by atoms with E-state index in [-0.39, 0.29) is 0 Å². The predicted molar refractivity (Wildman–Crippen MR) is 57.0 cm³/mol. The molecule has 74 valence electrons. The Morgan fingerprint density at radius 3 is 2.50 bits per heavy atom. The molecule has 12 heavy (non-hydrogen) atoms. The van der Waals surface area contributed by atoms with Crippen LogP contribution in [0.4, 0.5) is 0 Å². The lowest BCUT2D eigenvalue weighted by Gasteiger charge is -2.15. The molecule has 3 heteroatoms. The summed E-state index contributed by atoms with van der Waals surface area (Å²) in [5.41, 5.74) is 0. The van der Waals surface area contributed by atoms with Crippen molar-refractivity contribution in [2.24, 2.45) is 0 Å². The highest BCUT2D eigenvalue weighted by atomic mass is 79.9. The summed E-state index contributed by atoms with van der Waals surface area (Å²) in [6.45, 7) is 3.08. The quantitative estimate of drug-likeness (QED) is 0.474. The average molecular weight is 238 g/mol. The van der Waals surface area contributed by atoms with E-state index in [0.29, 0.717) is 0 Å². The van der Waals surface area contributed by atoms with Gasteiger partial charge in [-0.05, 0) is 26.4 Å². The zero-order valence-electron chi connectivity index (χ0n) is 8.18. The molecule has 0 unspecified atom stereocenters. The van der Waals surface area contributed by atoms with Gasteiger partial charge >= 0.3 is 0 Å². The molecule has 0 saturated heterocycles. The van der Waals surface area contributed by atoms with Gasteiger partial charge in [0.2, 0.25) is 0 Å². The average Bonchev–Trinajstić information content (AvgIpc) is 2.09. The van der Waals surface area contributed by atoms with Gasteiger partial charge in [0.1, 0.15) is 0 Å². The van der Waals surface area contributed by atoms with Crippen molar-refractivity contribution in [1.29, 1.82) is 0 Å². The summed E-state index contributed by atoms with van der Waals surface area (Å²) in [5.74, 6) is 0. The fraction of sp³-hybridized carbons (Fsp3) is 1.00. The fourth-order valence-electron chi connectivity index (χ4n) is 1.01. The Kier molecular flexibility index (Phi) is 9.80. The number of unbranched alkanes of at least 4 members (excludes halogenated alkanes) is 2. The van der Waals surface area contributed by atoms with E-state index in [1.807, 2.05) is 0 Å². The molecule has 0 N–H and O–H groups in total. The summed E-state index contributed by atoms with van der Waals surface area (Å²) >= 11 is 3.42. The van der Waals surface area contributed by atoms with Gasteiger partial charge < -0.3 is 9.64 Å². The van der Waals surface area contributed by atoms with Gasteiger partial charge in [-0.25, -0.2) is 0 Å². The smallest absolute Gasteiger partial charge is 0.0589 e. The third-order valence-corrected chi connectivity index (χ3v) is 2.41. The number of hydrogen-bond donors (Lipinski definition) is 0. The van der Waals surface area contributed by atoms with Crippen molar-refractivity contribution in [1.82, 2.24) is 4.90 Å². The Morgan fingerprint density at radius 1 is 1.17 bits per heavy atom. The van der Waals surface area contributed by atoms with Crippen molar-refractivity contribution in [3.8, 4) is 0 Å². The van der Waals surface area contributed by atoms with Gasteiger partial charge in [0, 0.05) is 19.0 Å². The Labute approximate surface area is 84.4 Å². The summed E-state index contributed by atoms with van der Waals surface area (Å²) in [6, 6.07) is 0. The monoisotopic (exact) mass is 237 g/mol. The molecule has 0 fully saturated rings. The summed E-state index contributed by atoms with van der Waals surface area (Å²) < 4.78 is 4.99. The number of alkyl halides is 1. The first-order valence-electron chi connectivity index (χ1n) is 4.54. The first-order valence-corrected chi connectivity index (χ1v) is 5.67. The van der Waals surface area contributed by atoms with E-state index >= 15 is 0 Å². The van der Waals surface area contributed by atoms with Crippen LogP contribution in [0.2, 0.25) is 0 Å². The van der Waals surface area contributed by atoms with Crippen LogP contribution < -0.4 is 0 Å². The Balaban J connectivity index is 3.02. The normalized spacial score (nSPS) is 11.0. The minimum Gasteiger partial charge on any atom is -0.383 e. The van der Waals surface area contributed by atoms with E-state index in [1.165, 1.54) is 25.8 Å². The van der Waals surface area contributed by atoms with Gasteiger partial charge in [-0.3, -0.25) is 0 Å². The minimum absolute atomic E-state index is 0.842.